The molecule has 1 heterocycles. The zero-order chi connectivity index (χ0) is 8.27. The van der Waals surface area contributed by atoms with Crippen LogP contribution >= 0.6 is 0 Å². The van der Waals surface area contributed by atoms with Crippen LogP contribution in [0.5, 0.6) is 0 Å². The van der Waals surface area contributed by atoms with Gasteiger partial charge in [-0.05, 0) is 6.92 Å². The Morgan fingerprint density at radius 1 is 1.73 bits per heavy atom. The first-order valence-corrected chi connectivity index (χ1v) is 3.85. The van der Waals surface area contributed by atoms with Crippen molar-refractivity contribution in [2.45, 2.75) is 6.92 Å². The molecule has 1 aliphatic heterocycles. The lowest BCUT2D eigenvalue weighted by atomic mass is 10.3. The minimum Gasteiger partial charge on any atom is -0.332 e. The van der Waals surface area contributed by atoms with E-state index in [1.165, 1.54) is 0 Å². The number of nitrogens with zero attached hydrogens (tertiary/aromatic N) is 2. The van der Waals surface area contributed by atoms with Crippen molar-refractivity contribution < 1.29 is 0 Å². The van der Waals surface area contributed by atoms with Crippen LogP contribution in [0.4, 0.5) is 0 Å². The molecule has 0 unspecified atom stereocenters. The largest absolute Gasteiger partial charge is 0.332 e. The Morgan fingerprint density at radius 3 is 3.00 bits per heavy atom. The van der Waals surface area contributed by atoms with Crippen LogP contribution in [0.2, 0.25) is 0 Å². The van der Waals surface area contributed by atoms with Crippen LogP contribution in [0.25, 0.3) is 0 Å². The van der Waals surface area contributed by atoms with E-state index in [1.54, 1.807) is 0 Å². The molecular weight excluding hydrogens is 138 g/mol. The average molecular weight is 153 g/mol. The van der Waals surface area contributed by atoms with Gasteiger partial charge in [0.05, 0.1) is 5.84 Å². The zero-order valence-electron chi connectivity index (χ0n) is 7.22. The van der Waals surface area contributed by atoms with Crippen LogP contribution in [0.1, 0.15) is 6.92 Å². The minimum atomic E-state index is 0.882. The molecule has 1 aliphatic rings. The van der Waals surface area contributed by atoms with Crippen molar-refractivity contribution in [3.8, 4) is 0 Å². The maximum atomic E-state index is 4.12. The Hall–Kier alpha value is -0.830. The number of rotatable bonds is 0. The SMILES string of the molecule is C=C1CNCCN1C(C)=NC. The van der Waals surface area contributed by atoms with Crippen LogP contribution in [0.15, 0.2) is 17.3 Å². The van der Waals surface area contributed by atoms with E-state index in [4.69, 9.17) is 0 Å². The van der Waals surface area contributed by atoms with Gasteiger partial charge in [-0.3, -0.25) is 4.99 Å². The smallest absolute Gasteiger partial charge is 0.0996 e. The second-order valence-corrected chi connectivity index (χ2v) is 2.67. The Balaban J connectivity index is 2.62. The molecule has 1 saturated heterocycles. The second kappa shape index (κ2) is 3.53. The summed E-state index contributed by atoms with van der Waals surface area (Å²) in [5.74, 6) is 1.05. The van der Waals surface area contributed by atoms with E-state index in [0.717, 1.165) is 31.2 Å². The van der Waals surface area contributed by atoms with E-state index >= 15 is 0 Å². The van der Waals surface area contributed by atoms with Crippen molar-refractivity contribution in [2.24, 2.45) is 4.99 Å². The Morgan fingerprint density at radius 2 is 2.45 bits per heavy atom. The number of hydrogen-bond acceptors (Lipinski definition) is 2. The third-order valence-electron chi connectivity index (χ3n) is 1.94. The second-order valence-electron chi connectivity index (χ2n) is 2.67. The Kier molecular flexibility index (Phi) is 2.65. The summed E-state index contributed by atoms with van der Waals surface area (Å²) in [4.78, 5) is 6.27. The summed E-state index contributed by atoms with van der Waals surface area (Å²) in [6.45, 7) is 8.85. The van der Waals surface area contributed by atoms with Gasteiger partial charge < -0.3 is 10.2 Å². The summed E-state index contributed by atoms with van der Waals surface area (Å²) in [6.07, 6.45) is 0. The predicted octanol–water partition coefficient (Wildman–Crippen LogP) is 0.453. The fraction of sp³-hybridized carbons (Fsp3) is 0.625. The van der Waals surface area contributed by atoms with Gasteiger partial charge in [0.25, 0.3) is 0 Å². The summed E-state index contributed by atoms with van der Waals surface area (Å²) < 4.78 is 0. The van der Waals surface area contributed by atoms with Crippen molar-refractivity contribution >= 4 is 5.84 Å². The normalized spacial score (nSPS) is 20.7. The summed E-state index contributed by atoms with van der Waals surface area (Å²) in [7, 11) is 1.81. The van der Waals surface area contributed by atoms with Crippen molar-refractivity contribution in [3.05, 3.63) is 12.3 Å². The molecule has 0 aromatic carbocycles. The van der Waals surface area contributed by atoms with Crippen LogP contribution in [0.3, 0.4) is 0 Å². The molecule has 11 heavy (non-hydrogen) atoms. The predicted molar refractivity (Wildman–Crippen MR) is 47.7 cm³/mol. The Bertz CT molecular complexity index is 184. The van der Waals surface area contributed by atoms with Gasteiger partial charge >= 0.3 is 0 Å². The van der Waals surface area contributed by atoms with Gasteiger partial charge in [0.1, 0.15) is 0 Å². The van der Waals surface area contributed by atoms with Gasteiger partial charge in [-0.1, -0.05) is 6.58 Å². The summed E-state index contributed by atoms with van der Waals surface area (Å²) in [6, 6.07) is 0. The fourth-order valence-corrected chi connectivity index (χ4v) is 1.19. The van der Waals surface area contributed by atoms with Crippen LogP contribution in [-0.4, -0.2) is 37.4 Å². The van der Waals surface area contributed by atoms with Gasteiger partial charge in [0.15, 0.2) is 0 Å². The molecule has 0 spiro atoms. The molecule has 1 N–H and O–H groups in total. The number of amidine groups is 1. The van der Waals surface area contributed by atoms with Gasteiger partial charge in [-0.25, -0.2) is 0 Å². The molecular formula is C8H15N3. The van der Waals surface area contributed by atoms with Crippen molar-refractivity contribution in [2.75, 3.05) is 26.7 Å². The third-order valence-corrected chi connectivity index (χ3v) is 1.94. The quantitative estimate of drug-likeness (QED) is 0.404. The molecule has 0 aromatic heterocycles. The van der Waals surface area contributed by atoms with Crippen LogP contribution in [0, 0.1) is 0 Å². The molecule has 0 aliphatic carbocycles. The molecule has 0 atom stereocenters. The highest BCUT2D eigenvalue weighted by atomic mass is 15.2. The molecule has 3 heteroatoms. The molecule has 0 amide bonds. The van der Waals surface area contributed by atoms with Gasteiger partial charge in [-0.2, -0.15) is 0 Å². The fourth-order valence-electron chi connectivity index (χ4n) is 1.19. The highest BCUT2D eigenvalue weighted by molar-refractivity contribution is 5.81. The number of aliphatic imine (C=N–C) groups is 1. The summed E-state index contributed by atoms with van der Waals surface area (Å²) in [5.41, 5.74) is 1.11. The lowest BCUT2D eigenvalue weighted by molar-refractivity contribution is 0.427. The van der Waals surface area contributed by atoms with Gasteiger partial charge in [-0.15, -0.1) is 0 Å². The first-order chi connectivity index (χ1) is 5.25. The standard InChI is InChI=1S/C8H15N3/c1-7-6-10-4-5-11(7)8(2)9-3/h10H,1,4-6H2,2-3H3. The summed E-state index contributed by atoms with van der Waals surface area (Å²) in [5, 5.41) is 3.25. The number of piperazine rings is 1. The van der Waals surface area contributed by atoms with E-state index in [-0.39, 0.29) is 0 Å². The van der Waals surface area contributed by atoms with E-state index in [1.807, 2.05) is 14.0 Å². The van der Waals surface area contributed by atoms with E-state index in [0.29, 0.717) is 0 Å². The number of hydrogen-bond donors (Lipinski definition) is 1. The first kappa shape index (κ1) is 8.27. The lowest BCUT2D eigenvalue weighted by Gasteiger charge is -2.30. The molecule has 1 fully saturated rings. The molecule has 0 bridgehead atoms. The molecule has 0 saturated carbocycles. The highest BCUT2D eigenvalue weighted by Gasteiger charge is 2.13. The first-order valence-electron chi connectivity index (χ1n) is 3.85. The van der Waals surface area contributed by atoms with E-state index in [9.17, 15) is 0 Å². The maximum absolute atomic E-state index is 4.12. The lowest BCUT2D eigenvalue weighted by Crippen LogP contribution is -2.43. The van der Waals surface area contributed by atoms with Crippen molar-refractivity contribution in [1.82, 2.24) is 10.2 Å². The van der Waals surface area contributed by atoms with Gasteiger partial charge in [0.2, 0.25) is 0 Å². The monoisotopic (exact) mass is 153 g/mol. The molecule has 0 aromatic rings. The highest BCUT2D eigenvalue weighted by Crippen LogP contribution is 2.04. The molecule has 0 radical (unpaired) electrons. The maximum Gasteiger partial charge on any atom is 0.0996 e. The minimum absolute atomic E-state index is 0.882. The number of nitrogens with one attached hydrogen (secondary N) is 1. The molecule has 62 valence electrons. The van der Waals surface area contributed by atoms with Crippen molar-refractivity contribution in [1.29, 1.82) is 0 Å². The van der Waals surface area contributed by atoms with E-state index in [2.05, 4.69) is 21.8 Å². The summed E-state index contributed by atoms with van der Waals surface area (Å²) >= 11 is 0. The van der Waals surface area contributed by atoms with E-state index < -0.39 is 0 Å². The Labute approximate surface area is 67.8 Å². The van der Waals surface area contributed by atoms with Crippen molar-refractivity contribution in [3.63, 3.8) is 0 Å². The average Bonchev–Trinajstić information content (AvgIpc) is 2.04. The topological polar surface area (TPSA) is 27.6 Å². The zero-order valence-corrected chi connectivity index (χ0v) is 7.22. The molecule has 1 rings (SSSR count). The third kappa shape index (κ3) is 1.80. The van der Waals surface area contributed by atoms with Crippen LogP contribution in [-0.2, 0) is 0 Å². The molecule has 3 nitrogen and oxygen atoms in total. The van der Waals surface area contributed by atoms with Crippen LogP contribution < -0.4 is 5.32 Å². The van der Waals surface area contributed by atoms with Gasteiger partial charge in [0, 0.05) is 32.4 Å².